The van der Waals surface area contributed by atoms with Crippen LogP contribution in [0.2, 0.25) is 0 Å². The summed E-state index contributed by atoms with van der Waals surface area (Å²) in [5, 5.41) is 11.4. The predicted octanol–water partition coefficient (Wildman–Crippen LogP) is 4.99. The fourth-order valence-corrected chi connectivity index (χ4v) is 3.35. The molecule has 1 atom stereocenters. The van der Waals surface area contributed by atoms with Crippen molar-refractivity contribution in [2.24, 2.45) is 4.99 Å². The summed E-state index contributed by atoms with van der Waals surface area (Å²) in [5.41, 5.74) is 3.62. The molecule has 0 unspecified atom stereocenters. The van der Waals surface area contributed by atoms with E-state index in [1.54, 1.807) is 18.3 Å². The first-order valence-electron chi connectivity index (χ1n) is 9.33. The van der Waals surface area contributed by atoms with Crippen LogP contribution in [0.15, 0.2) is 96.1 Å². The number of anilines is 2. The Morgan fingerprint density at radius 1 is 0.862 bits per heavy atom. The lowest BCUT2D eigenvalue weighted by molar-refractivity contribution is 0.626. The number of nitrogens with zero attached hydrogens (tertiary/aromatic N) is 3. The van der Waals surface area contributed by atoms with Crippen molar-refractivity contribution in [1.82, 2.24) is 9.78 Å². The van der Waals surface area contributed by atoms with Gasteiger partial charge >= 0.3 is 0 Å². The number of amidine groups is 1. The second-order valence-corrected chi connectivity index (χ2v) is 6.72. The van der Waals surface area contributed by atoms with Crippen LogP contribution in [-0.2, 0) is 0 Å². The molecule has 6 heteroatoms. The number of para-hydroxylation sites is 2. The summed E-state index contributed by atoms with van der Waals surface area (Å²) in [5.74, 6) is 1.27. The second kappa shape index (κ2) is 7.24. The molecule has 0 radical (unpaired) electrons. The van der Waals surface area contributed by atoms with E-state index in [4.69, 9.17) is 4.99 Å². The van der Waals surface area contributed by atoms with Gasteiger partial charge in [0.25, 0.3) is 0 Å². The zero-order chi connectivity index (χ0) is 19.6. The van der Waals surface area contributed by atoms with Crippen LogP contribution < -0.4 is 10.6 Å². The molecule has 3 aromatic carbocycles. The summed E-state index contributed by atoms with van der Waals surface area (Å²) >= 11 is 0. The van der Waals surface area contributed by atoms with Crippen molar-refractivity contribution in [2.45, 2.75) is 6.17 Å². The van der Waals surface area contributed by atoms with E-state index >= 15 is 0 Å². The topological polar surface area (TPSA) is 54.2 Å². The van der Waals surface area contributed by atoms with Crippen molar-refractivity contribution in [2.75, 3.05) is 10.6 Å². The molecule has 0 aliphatic carbocycles. The number of rotatable bonds is 3. The number of aliphatic imine (C=N–C) groups is 1. The summed E-state index contributed by atoms with van der Waals surface area (Å²) in [6, 6.07) is 26.2. The van der Waals surface area contributed by atoms with Gasteiger partial charge in [0.2, 0.25) is 0 Å². The minimum Gasteiger partial charge on any atom is -0.344 e. The van der Waals surface area contributed by atoms with Crippen LogP contribution in [0.4, 0.5) is 15.9 Å². The fraction of sp³-hybridized carbons (Fsp3) is 0.0435. The molecule has 2 N–H and O–H groups in total. The van der Waals surface area contributed by atoms with Crippen LogP contribution >= 0.6 is 0 Å². The van der Waals surface area contributed by atoms with E-state index in [9.17, 15) is 4.39 Å². The molecular formula is C23H18FN5. The zero-order valence-corrected chi connectivity index (χ0v) is 15.5. The lowest BCUT2D eigenvalue weighted by Crippen LogP contribution is -2.25. The van der Waals surface area contributed by atoms with E-state index in [2.05, 4.69) is 15.7 Å². The van der Waals surface area contributed by atoms with Crippen molar-refractivity contribution >= 4 is 17.3 Å². The highest BCUT2D eigenvalue weighted by Gasteiger charge is 2.26. The maximum absolute atomic E-state index is 13.4. The van der Waals surface area contributed by atoms with E-state index in [0.29, 0.717) is 5.84 Å². The third-order valence-corrected chi connectivity index (χ3v) is 4.78. The summed E-state index contributed by atoms with van der Waals surface area (Å²) < 4.78 is 15.3. The molecule has 0 saturated carbocycles. The Morgan fingerprint density at radius 3 is 2.28 bits per heavy atom. The lowest BCUT2D eigenvalue weighted by Gasteiger charge is -2.25. The molecule has 142 valence electrons. The van der Waals surface area contributed by atoms with Gasteiger partial charge in [-0.2, -0.15) is 5.10 Å². The van der Waals surface area contributed by atoms with Gasteiger partial charge in [0.1, 0.15) is 23.6 Å². The Hall–Kier alpha value is -3.93. The van der Waals surface area contributed by atoms with E-state index in [0.717, 1.165) is 28.3 Å². The monoisotopic (exact) mass is 383 g/mol. The Labute approximate surface area is 167 Å². The Kier molecular flexibility index (Phi) is 4.29. The molecule has 4 aromatic rings. The van der Waals surface area contributed by atoms with E-state index in [-0.39, 0.29) is 12.0 Å². The quantitative estimate of drug-likeness (QED) is 0.524. The normalized spacial score (nSPS) is 15.2. The van der Waals surface area contributed by atoms with E-state index in [1.807, 2.05) is 65.3 Å². The largest absolute Gasteiger partial charge is 0.344 e. The zero-order valence-electron chi connectivity index (χ0n) is 15.5. The average molecular weight is 383 g/mol. The molecule has 1 aliphatic rings. The van der Waals surface area contributed by atoms with Gasteiger partial charge < -0.3 is 10.6 Å². The van der Waals surface area contributed by atoms with E-state index < -0.39 is 0 Å². The maximum Gasteiger partial charge on any atom is 0.148 e. The number of nitrogens with one attached hydrogen (secondary N) is 2. The molecule has 0 spiro atoms. The lowest BCUT2D eigenvalue weighted by atomic mass is 10.1. The third-order valence-electron chi connectivity index (χ3n) is 4.78. The minimum atomic E-state index is -0.367. The van der Waals surface area contributed by atoms with Gasteiger partial charge in [-0.25, -0.2) is 14.1 Å². The van der Waals surface area contributed by atoms with Crippen molar-refractivity contribution in [3.05, 3.63) is 108 Å². The summed E-state index contributed by atoms with van der Waals surface area (Å²) in [6.45, 7) is 0. The van der Waals surface area contributed by atoms with Crippen molar-refractivity contribution < 1.29 is 4.39 Å². The second-order valence-electron chi connectivity index (χ2n) is 6.72. The van der Waals surface area contributed by atoms with E-state index in [1.165, 1.54) is 12.1 Å². The van der Waals surface area contributed by atoms with Crippen LogP contribution in [0.25, 0.3) is 5.69 Å². The summed E-state index contributed by atoms with van der Waals surface area (Å²) in [4.78, 5) is 4.84. The summed E-state index contributed by atoms with van der Waals surface area (Å²) in [7, 11) is 0. The van der Waals surface area contributed by atoms with Crippen LogP contribution in [0.5, 0.6) is 0 Å². The number of fused-ring (bicyclic) bond motifs is 1. The third kappa shape index (κ3) is 3.36. The van der Waals surface area contributed by atoms with Crippen LogP contribution in [0, 0.1) is 5.82 Å². The standard InChI is InChI=1S/C23H18FN5/c24-17-13-11-16(12-14-17)21-27-22(26-18-7-3-1-4-8-18)20-15-25-29(23(20)28-21)19-9-5-2-6-10-19/h1-15,21,28H,(H,26,27)/t21-/m0/s1. The van der Waals surface area contributed by atoms with Gasteiger partial charge in [-0.05, 0) is 42.0 Å². The van der Waals surface area contributed by atoms with Gasteiger partial charge in [-0.3, -0.25) is 0 Å². The number of halogens is 1. The van der Waals surface area contributed by atoms with Crippen molar-refractivity contribution in [3.63, 3.8) is 0 Å². The number of aromatic nitrogens is 2. The SMILES string of the molecule is Fc1ccc([C@H]2N=C(Nc3ccccc3)c3cnn(-c4ccccc4)c3N2)cc1. The van der Waals surface area contributed by atoms with Crippen LogP contribution in [-0.4, -0.2) is 15.6 Å². The Morgan fingerprint density at radius 2 is 1.55 bits per heavy atom. The smallest absolute Gasteiger partial charge is 0.148 e. The van der Waals surface area contributed by atoms with Gasteiger partial charge in [0, 0.05) is 5.69 Å². The van der Waals surface area contributed by atoms with Gasteiger partial charge in [-0.15, -0.1) is 0 Å². The predicted molar refractivity (Wildman–Crippen MR) is 113 cm³/mol. The molecule has 0 bridgehead atoms. The molecule has 1 aliphatic heterocycles. The Bertz CT molecular complexity index is 1150. The maximum atomic E-state index is 13.4. The minimum absolute atomic E-state index is 0.272. The highest BCUT2D eigenvalue weighted by molar-refractivity contribution is 6.12. The van der Waals surface area contributed by atoms with Gasteiger partial charge in [0.05, 0.1) is 17.4 Å². The molecular weight excluding hydrogens is 365 g/mol. The van der Waals surface area contributed by atoms with Crippen LogP contribution in [0.3, 0.4) is 0 Å². The average Bonchev–Trinajstić information content (AvgIpc) is 3.20. The van der Waals surface area contributed by atoms with Crippen molar-refractivity contribution in [3.8, 4) is 5.69 Å². The number of hydrogen-bond acceptors (Lipinski definition) is 4. The molecule has 5 nitrogen and oxygen atoms in total. The number of hydrogen-bond donors (Lipinski definition) is 2. The molecule has 0 fully saturated rings. The first kappa shape index (κ1) is 17.2. The first-order chi connectivity index (χ1) is 14.3. The summed E-state index contributed by atoms with van der Waals surface area (Å²) in [6.07, 6.45) is 1.43. The first-order valence-corrected chi connectivity index (χ1v) is 9.33. The molecule has 1 aromatic heterocycles. The van der Waals surface area contributed by atoms with Gasteiger partial charge in [-0.1, -0.05) is 48.5 Å². The fourth-order valence-electron chi connectivity index (χ4n) is 3.35. The molecule has 2 heterocycles. The number of benzene rings is 3. The van der Waals surface area contributed by atoms with Crippen LogP contribution in [0.1, 0.15) is 17.3 Å². The molecule has 0 amide bonds. The molecule has 0 saturated heterocycles. The highest BCUT2D eigenvalue weighted by atomic mass is 19.1. The van der Waals surface area contributed by atoms with Gasteiger partial charge in [0.15, 0.2) is 0 Å². The highest BCUT2D eigenvalue weighted by Crippen LogP contribution is 2.32. The molecule has 29 heavy (non-hydrogen) atoms. The van der Waals surface area contributed by atoms with Crippen molar-refractivity contribution in [1.29, 1.82) is 0 Å². The Balaban J connectivity index is 1.59. The molecule has 5 rings (SSSR count).